The summed E-state index contributed by atoms with van der Waals surface area (Å²) in [5.41, 5.74) is 5.25. The van der Waals surface area contributed by atoms with Crippen LogP contribution in [0.25, 0.3) is 0 Å². The quantitative estimate of drug-likeness (QED) is 0.260. The number of hydrogen-bond donors (Lipinski definition) is 2. The minimum Gasteiger partial charge on any atom is -0.493 e. The summed E-state index contributed by atoms with van der Waals surface area (Å²) in [6.45, 7) is 16.5. The minimum atomic E-state index is -0.121. The smallest absolute Gasteiger partial charge is 0.223 e. The molecule has 0 saturated carbocycles. The van der Waals surface area contributed by atoms with Gasteiger partial charge >= 0.3 is 0 Å². The van der Waals surface area contributed by atoms with Crippen LogP contribution in [0.15, 0.2) is 36.4 Å². The van der Waals surface area contributed by atoms with Gasteiger partial charge in [-0.2, -0.15) is 0 Å². The third kappa shape index (κ3) is 8.46. The van der Waals surface area contributed by atoms with Crippen LogP contribution >= 0.6 is 22.7 Å². The van der Waals surface area contributed by atoms with Crippen molar-refractivity contribution in [3.8, 4) is 11.5 Å². The van der Waals surface area contributed by atoms with Gasteiger partial charge in [-0.3, -0.25) is 19.4 Å². The second kappa shape index (κ2) is 16.1. The molecule has 2 saturated heterocycles. The third-order valence-corrected chi connectivity index (χ3v) is 11.9. The van der Waals surface area contributed by atoms with Crippen molar-refractivity contribution in [3.63, 3.8) is 0 Å². The third-order valence-electron chi connectivity index (χ3n) is 10.1. The van der Waals surface area contributed by atoms with Crippen molar-refractivity contribution in [2.24, 2.45) is 0 Å². The molecule has 14 nitrogen and oxygen atoms in total. The number of ether oxygens (including phenoxy) is 2. The Bertz CT molecular complexity index is 1740. The Kier molecular flexibility index (Phi) is 11.1. The summed E-state index contributed by atoms with van der Waals surface area (Å²) >= 11 is 2.85. The van der Waals surface area contributed by atoms with Gasteiger partial charge in [0.25, 0.3) is 0 Å². The second-order valence-corrected chi connectivity index (χ2v) is 15.4. The second-order valence-electron chi connectivity index (χ2n) is 13.5. The number of amides is 2. The van der Waals surface area contributed by atoms with E-state index in [2.05, 4.69) is 101 Å². The molecule has 2 N–H and O–H groups in total. The van der Waals surface area contributed by atoms with Crippen LogP contribution in [0.2, 0.25) is 0 Å². The zero-order chi connectivity index (χ0) is 36.2. The lowest BCUT2D eigenvalue weighted by Gasteiger charge is -2.38. The van der Waals surface area contributed by atoms with Crippen LogP contribution in [-0.4, -0.2) is 108 Å². The van der Waals surface area contributed by atoms with E-state index >= 15 is 0 Å². The van der Waals surface area contributed by atoms with E-state index in [0.29, 0.717) is 22.3 Å². The largest absolute Gasteiger partial charge is 0.493 e. The maximum Gasteiger partial charge on any atom is 0.223 e. The number of carbonyl (C=O) groups excluding carboxylic acids is 2. The zero-order valence-corrected chi connectivity index (χ0v) is 31.8. The highest BCUT2D eigenvalue weighted by molar-refractivity contribution is 7.19. The summed E-state index contributed by atoms with van der Waals surface area (Å²) in [5, 5.41) is 24.7. The lowest BCUT2D eigenvalue weighted by atomic mass is 10.0. The summed E-state index contributed by atoms with van der Waals surface area (Å²) in [6, 6.07) is 14.0. The van der Waals surface area contributed by atoms with Crippen molar-refractivity contribution in [2.75, 3.05) is 86.0 Å². The molecule has 2 aromatic heterocycles. The summed E-state index contributed by atoms with van der Waals surface area (Å²) in [5.74, 6) is 1.86. The molecule has 0 bridgehead atoms. The molecule has 0 aliphatic carbocycles. The molecule has 52 heavy (non-hydrogen) atoms. The summed E-state index contributed by atoms with van der Waals surface area (Å²) in [7, 11) is 0. The van der Waals surface area contributed by atoms with Gasteiger partial charge < -0.3 is 29.9 Å². The number of benzene rings is 2. The van der Waals surface area contributed by atoms with Gasteiger partial charge in [0.15, 0.2) is 0 Å². The normalized spacial score (nSPS) is 18.3. The fourth-order valence-corrected chi connectivity index (χ4v) is 8.68. The summed E-state index contributed by atoms with van der Waals surface area (Å²) < 4.78 is 11.4. The predicted octanol–water partition coefficient (Wildman–Crippen LogP) is 4.63. The van der Waals surface area contributed by atoms with Gasteiger partial charge in [0.05, 0.1) is 13.2 Å². The van der Waals surface area contributed by atoms with Gasteiger partial charge in [-0.25, -0.2) is 0 Å². The molecule has 2 aromatic carbocycles. The van der Waals surface area contributed by atoms with Gasteiger partial charge in [0.1, 0.15) is 11.5 Å². The van der Waals surface area contributed by atoms with Crippen LogP contribution in [-0.2, 0) is 22.4 Å². The van der Waals surface area contributed by atoms with Crippen LogP contribution in [0.1, 0.15) is 62.0 Å². The Morgan fingerprint density at radius 3 is 1.42 bits per heavy atom. The van der Waals surface area contributed by atoms with Crippen molar-refractivity contribution in [1.82, 2.24) is 30.2 Å². The first kappa shape index (κ1) is 36.0. The number of rotatable bonds is 8. The molecule has 0 unspecified atom stereocenters. The van der Waals surface area contributed by atoms with Gasteiger partial charge in [-0.05, 0) is 48.2 Å². The molecule has 2 atom stereocenters. The SMILES string of the molecule is CC(=O)Nc1nnc(N2CCN([C@@H](C)c3ccc4c(c3)OCC4)CC2)s1.CC(=O)Nc1nnc(N2CCN([C@H](C)c3ccc4c(c3)OCC4)CC2)s1. The Morgan fingerprint density at radius 2 is 1.04 bits per heavy atom. The summed E-state index contributed by atoms with van der Waals surface area (Å²) in [6.07, 6.45) is 2.04. The number of nitrogens with one attached hydrogen (secondary N) is 2. The van der Waals surface area contributed by atoms with Crippen molar-refractivity contribution in [2.45, 2.75) is 52.6 Å². The van der Waals surface area contributed by atoms with Crippen molar-refractivity contribution in [1.29, 1.82) is 0 Å². The molecule has 4 aliphatic rings. The van der Waals surface area contributed by atoms with E-state index in [9.17, 15) is 9.59 Å². The van der Waals surface area contributed by atoms with Crippen LogP contribution in [0, 0.1) is 0 Å². The van der Waals surface area contributed by atoms with E-state index in [4.69, 9.17) is 9.47 Å². The molecule has 16 heteroatoms. The monoisotopic (exact) mass is 746 g/mol. The zero-order valence-electron chi connectivity index (χ0n) is 30.1. The highest BCUT2D eigenvalue weighted by Gasteiger charge is 2.27. The highest BCUT2D eigenvalue weighted by atomic mass is 32.1. The molecule has 8 rings (SSSR count). The Hall–Kier alpha value is -4.38. The van der Waals surface area contributed by atoms with Crippen LogP contribution < -0.4 is 29.9 Å². The summed E-state index contributed by atoms with van der Waals surface area (Å²) in [4.78, 5) is 31.7. The Balaban J connectivity index is 0.000000162. The molecule has 0 spiro atoms. The fourth-order valence-electron chi connectivity index (χ4n) is 7.00. The molecular formula is C36H46N10O4S2. The Labute approximate surface area is 312 Å². The van der Waals surface area contributed by atoms with E-state index in [0.717, 1.165) is 100 Å². The molecule has 0 radical (unpaired) electrons. The van der Waals surface area contributed by atoms with Gasteiger partial charge in [0, 0.05) is 91.1 Å². The van der Waals surface area contributed by atoms with Crippen molar-refractivity contribution >= 4 is 55.0 Å². The standard InChI is InChI=1S/2C18H23N5O2S/c2*1-12(15-4-3-14-5-10-25-16(14)11-15)22-6-8-23(9-7-22)18-21-20-17(26-18)19-13(2)24/h2*3-4,11-12H,5-10H2,1-2H3,(H,19,20,24)/t2*12-/m10/s1. The fraction of sp³-hybridized carbons (Fsp3) is 0.500. The number of hydrogen-bond acceptors (Lipinski definition) is 14. The van der Waals surface area contributed by atoms with Crippen molar-refractivity contribution in [3.05, 3.63) is 58.7 Å². The van der Waals surface area contributed by atoms with Gasteiger partial charge in [-0.1, -0.05) is 46.9 Å². The molecule has 4 aromatic rings. The Morgan fingerprint density at radius 1 is 0.635 bits per heavy atom. The number of piperazine rings is 2. The maximum absolute atomic E-state index is 11.1. The van der Waals surface area contributed by atoms with Crippen LogP contribution in [0.4, 0.5) is 20.5 Å². The number of fused-ring (bicyclic) bond motifs is 2. The van der Waals surface area contributed by atoms with E-state index in [1.54, 1.807) is 0 Å². The lowest BCUT2D eigenvalue weighted by molar-refractivity contribution is -0.115. The molecule has 2 amide bonds. The number of anilines is 4. The molecule has 276 valence electrons. The predicted molar refractivity (Wildman–Crippen MR) is 204 cm³/mol. The van der Waals surface area contributed by atoms with Crippen LogP contribution in [0.5, 0.6) is 11.5 Å². The van der Waals surface area contributed by atoms with Crippen LogP contribution in [0.3, 0.4) is 0 Å². The highest BCUT2D eigenvalue weighted by Crippen LogP contribution is 2.34. The number of nitrogens with zero attached hydrogens (tertiary/aromatic N) is 8. The molecular weight excluding hydrogens is 701 g/mol. The van der Waals surface area contributed by atoms with Crippen molar-refractivity contribution < 1.29 is 19.1 Å². The van der Waals surface area contributed by atoms with Gasteiger partial charge in [-0.15, -0.1) is 20.4 Å². The average Bonchev–Trinajstić information content (AvgIpc) is 3.98. The topological polar surface area (TPSA) is 141 Å². The molecule has 4 aliphatic heterocycles. The number of aromatic nitrogens is 4. The number of carbonyl (C=O) groups is 2. The first-order valence-corrected chi connectivity index (χ1v) is 19.5. The van der Waals surface area contributed by atoms with Gasteiger partial charge in [0.2, 0.25) is 32.3 Å². The van der Waals surface area contributed by atoms with E-state index in [1.165, 1.54) is 58.8 Å². The first-order valence-electron chi connectivity index (χ1n) is 17.9. The minimum absolute atomic E-state index is 0.121. The van der Waals surface area contributed by atoms with E-state index in [-0.39, 0.29) is 11.8 Å². The van der Waals surface area contributed by atoms with E-state index in [1.807, 2.05) is 0 Å². The molecule has 2 fully saturated rings. The van der Waals surface area contributed by atoms with E-state index < -0.39 is 0 Å². The average molecular weight is 747 g/mol. The lowest BCUT2D eigenvalue weighted by Crippen LogP contribution is -2.47. The molecule has 6 heterocycles. The maximum atomic E-state index is 11.1. The first-order chi connectivity index (χ1) is 25.2.